The van der Waals surface area contributed by atoms with E-state index in [0.717, 1.165) is 0 Å². The van der Waals surface area contributed by atoms with E-state index in [9.17, 15) is 0 Å². The maximum absolute atomic E-state index is 7.13. The van der Waals surface area contributed by atoms with Crippen LogP contribution in [0.25, 0.3) is 0 Å². The molecule has 1 nitrogen and oxygen atoms in total. The Hall–Kier alpha value is 1.05. The van der Waals surface area contributed by atoms with E-state index in [0.29, 0.717) is 0 Å². The Morgan fingerprint density at radius 3 is 1.46 bits per heavy atom. The molecule has 0 aliphatic carbocycles. The summed E-state index contributed by atoms with van der Waals surface area (Å²) in [5, 5.41) is 7.61. The van der Waals surface area contributed by atoms with Crippen molar-refractivity contribution in [3.8, 4) is 0 Å². The Kier molecular flexibility index (Phi) is 18.8. The van der Waals surface area contributed by atoms with Gasteiger partial charge in [0.15, 0.2) is 0 Å². The first-order valence-corrected chi connectivity index (χ1v) is 20.3. The van der Waals surface area contributed by atoms with Gasteiger partial charge in [-0.3, -0.25) is 0 Å². The first kappa shape index (κ1) is 27.0. The van der Waals surface area contributed by atoms with Gasteiger partial charge >= 0.3 is 177 Å². The third-order valence-corrected chi connectivity index (χ3v) is 18.3. The van der Waals surface area contributed by atoms with Crippen molar-refractivity contribution in [3.63, 3.8) is 0 Å². The maximum atomic E-state index is 7.13. The molecule has 0 bridgehead atoms. The molecule has 156 valence electrons. The molecule has 0 saturated heterocycles. The van der Waals surface area contributed by atoms with Crippen LogP contribution in [-0.4, -0.2) is 34.6 Å². The summed E-state index contributed by atoms with van der Waals surface area (Å²) in [4.78, 5) is 0. The quantitative estimate of drug-likeness (QED) is 0.131. The topological polar surface area (TPSA) is 9.23 Å². The van der Waals surface area contributed by atoms with Crippen molar-refractivity contribution < 1.29 is 3.76 Å². The Balaban J connectivity index is 4.81. The molecule has 2 radical (unpaired) electrons. The van der Waals surface area contributed by atoms with Crippen LogP contribution >= 0.6 is 0 Å². The molecule has 0 spiro atoms. The molecular formula is C23H50Ge2O. The van der Waals surface area contributed by atoms with Crippen molar-refractivity contribution in [2.75, 3.05) is 0 Å². The number of hydrogen-bond donors (Lipinski definition) is 0. The Labute approximate surface area is 176 Å². The van der Waals surface area contributed by atoms with Crippen molar-refractivity contribution in [1.82, 2.24) is 0 Å². The van der Waals surface area contributed by atoms with E-state index in [4.69, 9.17) is 3.76 Å². The Bertz CT molecular complexity index is 276. The second-order valence-corrected chi connectivity index (χ2v) is 19.3. The zero-order chi connectivity index (χ0) is 19.7. The fraction of sp³-hybridized carbons (Fsp3) is 1.00. The molecule has 0 heterocycles. The molecule has 26 heavy (non-hydrogen) atoms. The second-order valence-electron chi connectivity index (χ2n) is 8.20. The number of unbranched alkanes of at least 4 members (excludes halogenated alkanes) is 4. The van der Waals surface area contributed by atoms with Crippen LogP contribution in [0.4, 0.5) is 0 Å². The first-order chi connectivity index (χ1) is 12.6. The normalized spacial score (nSPS) is 12.5. The van der Waals surface area contributed by atoms with Crippen LogP contribution in [0.15, 0.2) is 0 Å². The van der Waals surface area contributed by atoms with Gasteiger partial charge in [0.05, 0.1) is 0 Å². The molecule has 0 rings (SSSR count). The summed E-state index contributed by atoms with van der Waals surface area (Å²) < 4.78 is 7.13. The minimum atomic E-state index is -1.34. The second kappa shape index (κ2) is 18.1. The summed E-state index contributed by atoms with van der Waals surface area (Å²) in [6.07, 6.45) is 15.0. The molecule has 0 aliphatic heterocycles. The van der Waals surface area contributed by atoms with E-state index in [2.05, 4.69) is 41.5 Å². The molecule has 0 saturated carbocycles. The summed E-state index contributed by atoms with van der Waals surface area (Å²) >= 11 is -2.16. The van der Waals surface area contributed by atoms with Crippen LogP contribution in [0.2, 0.25) is 26.3 Å². The number of rotatable bonds is 19. The standard InChI is InChI=1S/C23H50Ge2O/c1-7-13-15-20-25(21-16-14-8-2)26-23(11-5,12-6)17-22-24(18-9-3)19-10-4/h7-22H2,1-6H3. The average Bonchev–Trinajstić information content (AvgIpc) is 2.65. The van der Waals surface area contributed by atoms with Crippen molar-refractivity contribution in [2.24, 2.45) is 0 Å². The van der Waals surface area contributed by atoms with Crippen LogP contribution in [0.1, 0.15) is 112 Å². The molecule has 0 aliphatic rings. The molecule has 0 amide bonds. The van der Waals surface area contributed by atoms with E-state index in [1.165, 1.54) is 81.1 Å². The van der Waals surface area contributed by atoms with Crippen LogP contribution in [-0.2, 0) is 3.76 Å². The SMILES string of the molecule is CCCC[CH2][Ge]([CH2]CCCC)[O]C(CC)(CC)C[CH2][Ge]([CH2]CC)[CH2]CC. The van der Waals surface area contributed by atoms with Crippen LogP contribution in [0.3, 0.4) is 0 Å². The molecule has 0 fully saturated rings. The third-order valence-electron chi connectivity index (χ3n) is 5.91. The summed E-state index contributed by atoms with van der Waals surface area (Å²) in [7, 11) is 0. The monoisotopic (exact) mass is 490 g/mol. The predicted octanol–water partition coefficient (Wildman–Crippen LogP) is 8.64. The van der Waals surface area contributed by atoms with Crippen molar-refractivity contribution in [3.05, 3.63) is 0 Å². The van der Waals surface area contributed by atoms with E-state index >= 15 is 0 Å². The van der Waals surface area contributed by atoms with Gasteiger partial charge in [-0.25, -0.2) is 0 Å². The van der Waals surface area contributed by atoms with Crippen LogP contribution < -0.4 is 0 Å². The summed E-state index contributed by atoms with van der Waals surface area (Å²) in [6, 6.07) is 0. The average molecular weight is 488 g/mol. The zero-order valence-electron chi connectivity index (χ0n) is 19.2. The van der Waals surface area contributed by atoms with E-state index in [-0.39, 0.29) is 5.60 Å². The molecule has 3 heteroatoms. The van der Waals surface area contributed by atoms with E-state index in [1.807, 2.05) is 0 Å². The summed E-state index contributed by atoms with van der Waals surface area (Å²) in [5.74, 6) is 0. The van der Waals surface area contributed by atoms with Crippen molar-refractivity contribution >= 4 is 29.0 Å². The van der Waals surface area contributed by atoms with Gasteiger partial charge in [-0.15, -0.1) is 0 Å². The molecule has 0 unspecified atom stereocenters. The summed E-state index contributed by atoms with van der Waals surface area (Å²) in [5.41, 5.74) is 0.244. The van der Waals surface area contributed by atoms with Gasteiger partial charge in [-0.2, -0.15) is 0 Å². The minimum absolute atomic E-state index is 0.244. The number of hydrogen-bond acceptors (Lipinski definition) is 1. The van der Waals surface area contributed by atoms with E-state index < -0.39 is 29.0 Å². The van der Waals surface area contributed by atoms with Crippen molar-refractivity contribution in [2.45, 2.75) is 144 Å². The molecule has 0 atom stereocenters. The summed E-state index contributed by atoms with van der Waals surface area (Å²) in [6.45, 7) is 14.2. The molecule has 0 aromatic heterocycles. The van der Waals surface area contributed by atoms with Gasteiger partial charge in [-0.05, 0) is 0 Å². The Morgan fingerprint density at radius 1 is 0.577 bits per heavy atom. The molecule has 0 N–H and O–H groups in total. The van der Waals surface area contributed by atoms with Gasteiger partial charge in [0.2, 0.25) is 0 Å². The predicted molar refractivity (Wildman–Crippen MR) is 124 cm³/mol. The van der Waals surface area contributed by atoms with Gasteiger partial charge in [0, 0.05) is 0 Å². The molecular weight excluding hydrogens is 437 g/mol. The van der Waals surface area contributed by atoms with Gasteiger partial charge < -0.3 is 0 Å². The van der Waals surface area contributed by atoms with Gasteiger partial charge in [0.25, 0.3) is 0 Å². The zero-order valence-corrected chi connectivity index (χ0v) is 23.4. The fourth-order valence-corrected chi connectivity index (χ4v) is 16.0. The van der Waals surface area contributed by atoms with Gasteiger partial charge in [0.1, 0.15) is 0 Å². The molecule has 0 aromatic carbocycles. The third kappa shape index (κ3) is 12.5. The van der Waals surface area contributed by atoms with Crippen LogP contribution in [0, 0.1) is 0 Å². The Morgan fingerprint density at radius 2 is 1.08 bits per heavy atom. The van der Waals surface area contributed by atoms with Crippen molar-refractivity contribution in [1.29, 1.82) is 0 Å². The molecule has 0 aromatic rings. The van der Waals surface area contributed by atoms with E-state index in [1.54, 1.807) is 15.8 Å². The van der Waals surface area contributed by atoms with Crippen LogP contribution in [0.5, 0.6) is 0 Å². The van der Waals surface area contributed by atoms with Gasteiger partial charge in [-0.1, -0.05) is 0 Å². The fourth-order valence-electron chi connectivity index (χ4n) is 3.96. The first-order valence-electron chi connectivity index (χ1n) is 12.0.